The molecule has 1 aliphatic heterocycles. The zero-order valence-corrected chi connectivity index (χ0v) is 16.1. The highest BCUT2D eigenvalue weighted by molar-refractivity contribution is 5.94. The van der Waals surface area contributed by atoms with Crippen LogP contribution in [0, 0.1) is 5.92 Å². The summed E-state index contributed by atoms with van der Waals surface area (Å²) >= 11 is 0. The molecule has 1 fully saturated rings. The number of aromatic nitrogens is 1. The van der Waals surface area contributed by atoms with Gasteiger partial charge in [0.2, 0.25) is 0 Å². The van der Waals surface area contributed by atoms with E-state index in [1.165, 1.54) is 12.8 Å². The van der Waals surface area contributed by atoms with Crippen LogP contribution >= 0.6 is 0 Å². The molecule has 1 aromatic heterocycles. The summed E-state index contributed by atoms with van der Waals surface area (Å²) in [5.41, 5.74) is 1.80. The van der Waals surface area contributed by atoms with E-state index in [4.69, 9.17) is 0 Å². The Labute approximate surface area is 156 Å². The van der Waals surface area contributed by atoms with E-state index < -0.39 is 0 Å². The maximum absolute atomic E-state index is 13.0. The first-order valence-corrected chi connectivity index (χ1v) is 9.60. The zero-order chi connectivity index (χ0) is 18.5. The Morgan fingerprint density at radius 2 is 1.85 bits per heavy atom. The van der Waals surface area contributed by atoms with E-state index in [1.807, 2.05) is 35.2 Å². The topological polar surface area (TPSA) is 36.4 Å². The van der Waals surface area contributed by atoms with Crippen molar-refractivity contribution in [3.63, 3.8) is 0 Å². The Morgan fingerprint density at radius 3 is 2.42 bits per heavy atom. The van der Waals surface area contributed by atoms with Crippen molar-refractivity contribution in [2.24, 2.45) is 5.92 Å². The Morgan fingerprint density at radius 1 is 1.15 bits per heavy atom. The maximum atomic E-state index is 13.0. The van der Waals surface area contributed by atoms with Gasteiger partial charge in [-0.2, -0.15) is 0 Å². The lowest BCUT2D eigenvalue weighted by molar-refractivity contribution is 0.0690. The van der Waals surface area contributed by atoms with E-state index in [2.05, 4.69) is 42.8 Å². The summed E-state index contributed by atoms with van der Waals surface area (Å²) in [6.07, 6.45) is 4.15. The van der Waals surface area contributed by atoms with Crippen molar-refractivity contribution < 1.29 is 4.79 Å². The molecule has 2 heterocycles. The van der Waals surface area contributed by atoms with Crippen LogP contribution in [0.2, 0.25) is 0 Å². The van der Waals surface area contributed by atoms with Crippen molar-refractivity contribution in [1.29, 1.82) is 0 Å². The largest absolute Gasteiger partial charge is 0.357 e. The van der Waals surface area contributed by atoms with Crippen LogP contribution in [0.4, 0.5) is 5.82 Å². The molecular formula is C22H29N3O. The fourth-order valence-corrected chi connectivity index (χ4v) is 3.37. The molecule has 0 saturated carbocycles. The molecule has 0 bridgehead atoms. The number of carbonyl (C=O) groups is 1. The van der Waals surface area contributed by atoms with Crippen LogP contribution in [0.5, 0.6) is 0 Å². The Balaban J connectivity index is 1.71. The van der Waals surface area contributed by atoms with Gasteiger partial charge in [0.1, 0.15) is 5.82 Å². The van der Waals surface area contributed by atoms with E-state index in [0.717, 1.165) is 30.4 Å². The third-order valence-electron chi connectivity index (χ3n) is 5.18. The van der Waals surface area contributed by atoms with E-state index in [9.17, 15) is 4.79 Å². The lowest BCUT2D eigenvalue weighted by Crippen LogP contribution is -2.36. The van der Waals surface area contributed by atoms with Gasteiger partial charge >= 0.3 is 0 Å². The average Bonchev–Trinajstić information content (AvgIpc) is 2.67. The van der Waals surface area contributed by atoms with Gasteiger partial charge in [-0.25, -0.2) is 4.98 Å². The molecule has 4 heteroatoms. The van der Waals surface area contributed by atoms with Gasteiger partial charge in [-0.05, 0) is 50.3 Å². The summed E-state index contributed by atoms with van der Waals surface area (Å²) in [6.45, 7) is 9.12. The Bertz CT molecular complexity index is 704. The second-order valence-electron chi connectivity index (χ2n) is 7.59. The van der Waals surface area contributed by atoms with Gasteiger partial charge < -0.3 is 9.80 Å². The van der Waals surface area contributed by atoms with Crippen molar-refractivity contribution in [3.05, 3.63) is 59.8 Å². The Kier molecular flexibility index (Phi) is 5.92. The van der Waals surface area contributed by atoms with Crippen LogP contribution < -0.4 is 4.90 Å². The summed E-state index contributed by atoms with van der Waals surface area (Å²) < 4.78 is 0. The van der Waals surface area contributed by atoms with Crippen LogP contribution in [0.25, 0.3) is 0 Å². The smallest absolute Gasteiger partial charge is 0.255 e. The predicted octanol–water partition coefficient (Wildman–Crippen LogP) is 4.37. The number of benzene rings is 1. The molecule has 0 N–H and O–H groups in total. The zero-order valence-electron chi connectivity index (χ0n) is 16.1. The highest BCUT2D eigenvalue weighted by atomic mass is 16.2. The van der Waals surface area contributed by atoms with Gasteiger partial charge in [0.05, 0.1) is 5.56 Å². The molecule has 1 aliphatic rings. The summed E-state index contributed by atoms with van der Waals surface area (Å²) in [5, 5.41) is 0. The maximum Gasteiger partial charge on any atom is 0.255 e. The van der Waals surface area contributed by atoms with Gasteiger partial charge in [0, 0.05) is 31.9 Å². The highest BCUT2D eigenvalue weighted by Gasteiger charge is 2.21. The molecule has 4 nitrogen and oxygen atoms in total. The molecule has 1 saturated heterocycles. The third kappa shape index (κ3) is 4.43. The quantitative estimate of drug-likeness (QED) is 0.803. The minimum absolute atomic E-state index is 0.0372. The van der Waals surface area contributed by atoms with E-state index in [0.29, 0.717) is 12.1 Å². The molecule has 0 radical (unpaired) electrons. The van der Waals surface area contributed by atoms with E-state index in [1.54, 1.807) is 6.20 Å². The number of anilines is 1. The number of piperidine rings is 1. The van der Waals surface area contributed by atoms with Crippen LogP contribution in [0.1, 0.15) is 49.5 Å². The average molecular weight is 351 g/mol. The van der Waals surface area contributed by atoms with E-state index in [-0.39, 0.29) is 11.9 Å². The number of hydrogen-bond donors (Lipinski definition) is 0. The van der Waals surface area contributed by atoms with Crippen molar-refractivity contribution >= 4 is 11.7 Å². The first-order chi connectivity index (χ1) is 12.5. The molecule has 0 aliphatic carbocycles. The summed E-state index contributed by atoms with van der Waals surface area (Å²) in [6, 6.07) is 14.2. The van der Waals surface area contributed by atoms with Crippen molar-refractivity contribution in [2.75, 3.05) is 18.0 Å². The molecule has 1 aromatic carbocycles. The van der Waals surface area contributed by atoms with Gasteiger partial charge in [0.15, 0.2) is 0 Å². The molecule has 0 spiro atoms. The lowest BCUT2D eigenvalue weighted by atomic mass is 9.99. The van der Waals surface area contributed by atoms with Gasteiger partial charge in [-0.3, -0.25) is 4.79 Å². The monoisotopic (exact) mass is 351 g/mol. The molecule has 3 rings (SSSR count). The van der Waals surface area contributed by atoms with Crippen molar-refractivity contribution in [2.45, 2.75) is 46.2 Å². The van der Waals surface area contributed by atoms with Gasteiger partial charge in [0.25, 0.3) is 5.91 Å². The number of rotatable bonds is 5. The SMILES string of the molecule is CC1CCN(c2ccc(C(=O)N(Cc3ccccc3)C(C)C)cn2)CC1. The second kappa shape index (κ2) is 8.35. The molecule has 0 atom stereocenters. The fraction of sp³-hybridized carbons (Fsp3) is 0.455. The normalized spacial score (nSPS) is 15.3. The fourth-order valence-electron chi connectivity index (χ4n) is 3.37. The van der Waals surface area contributed by atoms with Crippen LogP contribution in [0.3, 0.4) is 0 Å². The van der Waals surface area contributed by atoms with Gasteiger partial charge in [-0.15, -0.1) is 0 Å². The van der Waals surface area contributed by atoms with Crippen LogP contribution in [0.15, 0.2) is 48.7 Å². The Hall–Kier alpha value is -2.36. The number of nitrogens with zero attached hydrogens (tertiary/aromatic N) is 3. The van der Waals surface area contributed by atoms with E-state index >= 15 is 0 Å². The van der Waals surface area contributed by atoms with Crippen molar-refractivity contribution in [1.82, 2.24) is 9.88 Å². The third-order valence-corrected chi connectivity index (χ3v) is 5.18. The number of hydrogen-bond acceptors (Lipinski definition) is 3. The number of pyridine rings is 1. The summed E-state index contributed by atoms with van der Waals surface area (Å²) in [4.78, 5) is 21.8. The molecular weight excluding hydrogens is 322 g/mol. The highest BCUT2D eigenvalue weighted by Crippen LogP contribution is 2.22. The summed E-state index contributed by atoms with van der Waals surface area (Å²) in [7, 11) is 0. The molecule has 0 unspecified atom stereocenters. The molecule has 1 amide bonds. The predicted molar refractivity (Wildman–Crippen MR) is 106 cm³/mol. The first kappa shape index (κ1) is 18.4. The van der Waals surface area contributed by atoms with Crippen molar-refractivity contribution in [3.8, 4) is 0 Å². The number of amides is 1. The van der Waals surface area contributed by atoms with Crippen LogP contribution in [-0.2, 0) is 6.54 Å². The standard InChI is InChI=1S/C22H29N3O/c1-17(2)25(16-19-7-5-4-6-8-19)22(26)20-9-10-21(23-15-20)24-13-11-18(3)12-14-24/h4-10,15,17-18H,11-14,16H2,1-3H3. The second-order valence-corrected chi connectivity index (χ2v) is 7.59. The first-order valence-electron chi connectivity index (χ1n) is 9.60. The minimum Gasteiger partial charge on any atom is -0.357 e. The molecule has 2 aromatic rings. The number of carbonyl (C=O) groups excluding carboxylic acids is 1. The lowest BCUT2D eigenvalue weighted by Gasteiger charge is -2.31. The van der Waals surface area contributed by atoms with Crippen LogP contribution in [-0.4, -0.2) is 34.9 Å². The minimum atomic E-state index is 0.0372. The molecule has 138 valence electrons. The van der Waals surface area contributed by atoms with Gasteiger partial charge in [-0.1, -0.05) is 37.3 Å². The molecule has 26 heavy (non-hydrogen) atoms. The summed E-state index contributed by atoms with van der Waals surface area (Å²) in [5.74, 6) is 1.81.